The van der Waals surface area contributed by atoms with E-state index < -0.39 is 0 Å². The Morgan fingerprint density at radius 2 is 1.23 bits per heavy atom. The van der Waals surface area contributed by atoms with Gasteiger partial charge in [0.15, 0.2) is 6.71 Å². The summed E-state index contributed by atoms with van der Waals surface area (Å²) in [4.78, 5) is 17.3. The number of hydrogen-bond acceptors (Lipinski definition) is 8. The number of piperazine rings is 1. The van der Waals surface area contributed by atoms with Gasteiger partial charge in [-0.3, -0.25) is 10.3 Å². The quantitative estimate of drug-likeness (QED) is 0.254. The number of pyridine rings is 1. The minimum absolute atomic E-state index is 0.268. The lowest BCUT2D eigenvalue weighted by molar-refractivity contribution is 0.0131. The van der Waals surface area contributed by atoms with Crippen LogP contribution in [0.15, 0.2) is 108 Å². The maximum Gasteiger partial charge on any atom is 0.159 e. The van der Waals surface area contributed by atoms with Crippen LogP contribution < -0.4 is 25.8 Å². The van der Waals surface area contributed by atoms with Crippen molar-refractivity contribution in [2.75, 3.05) is 29.4 Å². The van der Waals surface area contributed by atoms with Crippen LogP contribution in [0.2, 0.25) is 17.5 Å². The van der Waals surface area contributed by atoms with Crippen molar-refractivity contribution in [2.45, 2.75) is 136 Å². The van der Waals surface area contributed by atoms with Crippen molar-refractivity contribution < 1.29 is 0 Å². The maximum atomic E-state index is 5.19. The molecule has 14 unspecified atom stereocenters. The van der Waals surface area contributed by atoms with E-state index in [-0.39, 0.29) is 6.17 Å². The summed E-state index contributed by atoms with van der Waals surface area (Å²) in [5, 5.41) is 12.5. The lowest BCUT2D eigenvalue weighted by Crippen LogP contribution is -2.74. The minimum Gasteiger partial charge on any atom is -0.352 e. The number of benzene rings is 2. The van der Waals surface area contributed by atoms with E-state index in [4.69, 9.17) is 4.98 Å². The van der Waals surface area contributed by atoms with Crippen LogP contribution in [0.25, 0.3) is 0 Å². The summed E-state index contributed by atoms with van der Waals surface area (Å²) < 4.78 is 0. The summed E-state index contributed by atoms with van der Waals surface area (Å²) in [5.41, 5.74) is 7.66. The van der Waals surface area contributed by atoms with Gasteiger partial charge in [0.25, 0.3) is 0 Å². The molecule has 8 aliphatic heterocycles. The Bertz CT molecular complexity index is 2000. The van der Waals surface area contributed by atoms with E-state index in [9.17, 15) is 0 Å². The molecular formula is C48H57BN8. The number of para-hydroxylation sites is 2. The van der Waals surface area contributed by atoms with Crippen LogP contribution in [0.5, 0.6) is 0 Å². The van der Waals surface area contributed by atoms with Gasteiger partial charge in [0.2, 0.25) is 0 Å². The Hall–Kier alpha value is -3.79. The fraction of sp³-hybridized carbons (Fsp3) is 0.562. The highest BCUT2D eigenvalue weighted by molar-refractivity contribution is 6.65. The van der Waals surface area contributed by atoms with Crippen molar-refractivity contribution in [1.29, 1.82) is 0 Å². The molecule has 3 aromatic rings. The smallest absolute Gasteiger partial charge is 0.159 e. The minimum atomic E-state index is 0.268. The molecule has 57 heavy (non-hydrogen) atoms. The van der Waals surface area contributed by atoms with Gasteiger partial charge in [-0.15, -0.1) is 0 Å². The molecule has 11 aliphatic rings. The zero-order valence-electron chi connectivity index (χ0n) is 33.2. The molecule has 0 bridgehead atoms. The predicted molar refractivity (Wildman–Crippen MR) is 227 cm³/mol. The third kappa shape index (κ3) is 4.34. The van der Waals surface area contributed by atoms with Gasteiger partial charge in [0.05, 0.1) is 12.1 Å². The van der Waals surface area contributed by atoms with Crippen molar-refractivity contribution >= 4 is 18.1 Å². The second-order valence-corrected chi connectivity index (χ2v) is 19.9. The first-order valence-corrected chi connectivity index (χ1v) is 23.2. The molecule has 3 aliphatic carbocycles. The van der Waals surface area contributed by atoms with Crippen LogP contribution in [0, 0.1) is 11.8 Å². The summed E-state index contributed by atoms with van der Waals surface area (Å²) >= 11 is 0. The van der Waals surface area contributed by atoms with E-state index in [1.807, 2.05) is 5.57 Å². The number of nitrogens with one attached hydrogen (secondary N) is 3. The third-order valence-electron chi connectivity index (χ3n) is 17.9. The molecule has 14 atom stereocenters. The molecule has 3 saturated carbocycles. The van der Waals surface area contributed by atoms with Gasteiger partial charge in [0.1, 0.15) is 17.8 Å². The highest BCUT2D eigenvalue weighted by Crippen LogP contribution is 2.69. The molecule has 2 aromatic carbocycles. The van der Waals surface area contributed by atoms with Gasteiger partial charge in [-0.2, -0.15) is 0 Å². The summed E-state index contributed by atoms with van der Waals surface area (Å²) in [5.74, 6) is 7.12. The molecule has 8 nitrogen and oxygen atoms in total. The summed E-state index contributed by atoms with van der Waals surface area (Å²) in [6.07, 6.45) is 15.6. The lowest BCUT2D eigenvalue weighted by atomic mass is 9.18. The second kappa shape index (κ2) is 12.4. The third-order valence-corrected chi connectivity index (χ3v) is 17.9. The Kier molecular flexibility index (Phi) is 7.18. The fourth-order valence-corrected chi connectivity index (χ4v) is 16.5. The van der Waals surface area contributed by atoms with Gasteiger partial charge in [0, 0.05) is 84.3 Å². The van der Waals surface area contributed by atoms with Gasteiger partial charge in [-0.05, 0) is 110 Å². The molecular weight excluding hydrogens is 699 g/mol. The van der Waals surface area contributed by atoms with E-state index in [1.54, 1.807) is 17.2 Å². The van der Waals surface area contributed by atoms with Crippen molar-refractivity contribution in [3.63, 3.8) is 0 Å². The molecule has 9 heterocycles. The number of piperidine rings is 1. The zero-order valence-corrected chi connectivity index (χ0v) is 33.2. The fourth-order valence-electron chi connectivity index (χ4n) is 16.5. The van der Waals surface area contributed by atoms with Crippen LogP contribution in [-0.4, -0.2) is 89.6 Å². The largest absolute Gasteiger partial charge is 0.352 e. The van der Waals surface area contributed by atoms with Crippen LogP contribution in [0.3, 0.4) is 0 Å². The Labute approximate surface area is 338 Å². The van der Waals surface area contributed by atoms with E-state index in [0.29, 0.717) is 65.9 Å². The van der Waals surface area contributed by atoms with Gasteiger partial charge < -0.3 is 30.2 Å². The van der Waals surface area contributed by atoms with Crippen molar-refractivity contribution in [1.82, 2.24) is 30.7 Å². The second-order valence-electron chi connectivity index (χ2n) is 19.9. The van der Waals surface area contributed by atoms with E-state index in [1.165, 1.54) is 87.8 Å². The Morgan fingerprint density at radius 1 is 0.561 bits per heavy atom. The monoisotopic (exact) mass is 756 g/mol. The topological polar surface area (TPSA) is 61.9 Å². The number of anilines is 2. The van der Waals surface area contributed by atoms with Gasteiger partial charge >= 0.3 is 0 Å². The summed E-state index contributed by atoms with van der Waals surface area (Å²) in [6, 6.07) is 33.5. The van der Waals surface area contributed by atoms with E-state index in [0.717, 1.165) is 31.4 Å². The summed E-state index contributed by atoms with van der Waals surface area (Å²) in [6.45, 7) is 4.02. The van der Waals surface area contributed by atoms with Gasteiger partial charge in [-0.1, -0.05) is 68.1 Å². The van der Waals surface area contributed by atoms with Crippen LogP contribution in [0.1, 0.15) is 75.8 Å². The Morgan fingerprint density at radius 3 is 2.04 bits per heavy atom. The number of aromatic nitrogens is 1. The first-order valence-electron chi connectivity index (χ1n) is 23.2. The molecule has 3 N–H and O–H groups in total. The molecule has 0 amide bonds. The van der Waals surface area contributed by atoms with Crippen LogP contribution in [0.4, 0.5) is 11.4 Å². The van der Waals surface area contributed by atoms with E-state index in [2.05, 4.69) is 121 Å². The van der Waals surface area contributed by atoms with Crippen LogP contribution >= 0.6 is 0 Å². The number of rotatable bonds is 3. The normalized spacial score (nSPS) is 42.0. The first kappa shape index (κ1) is 33.1. The first-order chi connectivity index (χ1) is 28.3. The molecule has 1 aromatic heterocycles. The SMILES string of the molecule is c1ccc(N2C3=C(C4CCCCC42)C2NCCC4B5C6CCCC7C8=C(N(c9ccccc9)C9NCCNC89)N(C8CC(c9ccccn9)CC(C58)N3C42)C67)cc1. The standard InChI is InChI=1S/C48H57BN8/c1-3-12-29(13-4-1)54-36-20-8-7-16-31(36)39-42-45-34(21-23-51-42)49-33-18-11-17-32-40-43-46(53-25-24-52-43)55(30-14-5-2-6-15-30)48(40)56(44(32)33)37-26-28(35-19-9-10-22-50-35)27-38(41(37)49)57(45)47(39)54/h1-6,9-10,12-15,19,22,28,31-34,36-38,41-46,51-53H,7-8,11,16-18,20-21,23-27H2. The zero-order chi connectivity index (χ0) is 36.9. The van der Waals surface area contributed by atoms with E-state index >= 15 is 0 Å². The number of fused-ring (bicyclic) bond motifs is 12. The average Bonchev–Trinajstić information content (AvgIpc) is 4.00. The van der Waals surface area contributed by atoms with Crippen LogP contribution in [-0.2, 0) is 0 Å². The average molecular weight is 757 g/mol. The summed E-state index contributed by atoms with van der Waals surface area (Å²) in [7, 11) is 0. The molecule has 292 valence electrons. The highest BCUT2D eigenvalue weighted by atomic mass is 15.5. The predicted octanol–water partition coefficient (Wildman–Crippen LogP) is 6.77. The number of nitrogens with zero attached hydrogens (tertiary/aromatic N) is 5. The Balaban J connectivity index is 0.975. The maximum absolute atomic E-state index is 5.19. The lowest BCUT2D eigenvalue weighted by Gasteiger charge is -2.68. The molecule has 9 heteroatoms. The highest BCUT2D eigenvalue weighted by Gasteiger charge is 2.72. The molecule has 7 fully saturated rings. The molecule has 0 spiro atoms. The van der Waals surface area contributed by atoms with Crippen molar-refractivity contribution in [3.8, 4) is 0 Å². The molecule has 14 rings (SSSR count). The molecule has 4 saturated heterocycles. The van der Waals surface area contributed by atoms with Crippen molar-refractivity contribution in [2.24, 2.45) is 11.8 Å². The van der Waals surface area contributed by atoms with Gasteiger partial charge in [-0.25, -0.2) is 0 Å². The van der Waals surface area contributed by atoms with Crippen molar-refractivity contribution in [3.05, 3.63) is 114 Å². The number of hydrogen-bond donors (Lipinski definition) is 3. The molecule has 0 radical (unpaired) electrons.